The Hall–Kier alpha value is -2.37. The molecule has 0 N–H and O–H groups in total. The number of ether oxygens (including phenoxy) is 3. The van der Waals surface area contributed by atoms with E-state index >= 15 is 0 Å². The lowest BCUT2D eigenvalue weighted by Gasteiger charge is -2.28. The van der Waals surface area contributed by atoms with E-state index in [1.54, 1.807) is 19.1 Å². The summed E-state index contributed by atoms with van der Waals surface area (Å²) in [6.07, 6.45) is -0.0341. The molecule has 23 heavy (non-hydrogen) atoms. The van der Waals surface area contributed by atoms with Gasteiger partial charge in [-0.15, -0.1) is 0 Å². The smallest absolute Gasteiger partial charge is 0.323 e. The summed E-state index contributed by atoms with van der Waals surface area (Å²) in [4.78, 5) is 36.4. The summed E-state index contributed by atoms with van der Waals surface area (Å²) in [7, 11) is 2.46. The van der Waals surface area contributed by atoms with Crippen molar-refractivity contribution >= 4 is 17.9 Å². The van der Waals surface area contributed by atoms with Gasteiger partial charge in [0.05, 0.1) is 20.8 Å². The van der Waals surface area contributed by atoms with Gasteiger partial charge >= 0.3 is 17.9 Å². The molecule has 1 aromatic rings. The van der Waals surface area contributed by atoms with Crippen LogP contribution in [0.3, 0.4) is 0 Å². The van der Waals surface area contributed by atoms with Crippen LogP contribution in [0.2, 0.25) is 0 Å². The van der Waals surface area contributed by atoms with Crippen molar-refractivity contribution in [3.8, 4) is 0 Å². The average molecular weight is 322 g/mol. The van der Waals surface area contributed by atoms with Crippen molar-refractivity contribution in [1.29, 1.82) is 0 Å². The highest BCUT2D eigenvalue weighted by atomic mass is 16.6. The number of esters is 3. The van der Waals surface area contributed by atoms with Crippen LogP contribution in [-0.4, -0.2) is 38.7 Å². The average Bonchev–Trinajstić information content (AvgIpc) is 2.58. The van der Waals surface area contributed by atoms with Crippen LogP contribution in [0, 0.1) is 5.41 Å². The molecule has 0 heterocycles. The van der Waals surface area contributed by atoms with Crippen LogP contribution < -0.4 is 0 Å². The maximum Gasteiger partial charge on any atom is 0.323 e. The highest BCUT2D eigenvalue weighted by Crippen LogP contribution is 2.32. The van der Waals surface area contributed by atoms with E-state index in [2.05, 4.69) is 4.74 Å². The molecule has 0 aliphatic rings. The molecule has 0 saturated heterocycles. The summed E-state index contributed by atoms with van der Waals surface area (Å²) < 4.78 is 14.5. The van der Waals surface area contributed by atoms with Gasteiger partial charge in [-0.2, -0.15) is 0 Å². The second-order valence-electron chi connectivity index (χ2n) is 5.03. The van der Waals surface area contributed by atoms with Crippen molar-refractivity contribution in [2.45, 2.75) is 26.2 Å². The van der Waals surface area contributed by atoms with E-state index < -0.39 is 23.3 Å². The lowest BCUT2D eigenvalue weighted by Crippen LogP contribution is -2.44. The van der Waals surface area contributed by atoms with Gasteiger partial charge < -0.3 is 14.2 Å². The number of carbonyl (C=O) groups excluding carboxylic acids is 3. The predicted octanol–water partition coefficient (Wildman–Crippen LogP) is 1.90. The maximum atomic E-state index is 12.5. The van der Waals surface area contributed by atoms with Gasteiger partial charge in [0.25, 0.3) is 0 Å². The molecule has 126 valence electrons. The predicted molar refractivity (Wildman–Crippen MR) is 82.5 cm³/mol. The Balaban J connectivity index is 3.18. The molecule has 0 bridgehead atoms. The van der Waals surface area contributed by atoms with Crippen molar-refractivity contribution in [3.05, 3.63) is 35.9 Å². The molecule has 1 atom stereocenters. The Bertz CT molecular complexity index is 539. The summed E-state index contributed by atoms with van der Waals surface area (Å²) in [5, 5.41) is 0. The van der Waals surface area contributed by atoms with Crippen molar-refractivity contribution in [3.63, 3.8) is 0 Å². The van der Waals surface area contributed by atoms with E-state index in [-0.39, 0.29) is 25.9 Å². The Morgan fingerprint density at radius 3 is 2.17 bits per heavy atom. The second-order valence-corrected chi connectivity index (χ2v) is 5.03. The van der Waals surface area contributed by atoms with Crippen molar-refractivity contribution in [1.82, 2.24) is 0 Å². The fraction of sp³-hybridized carbons (Fsp3) is 0.471. The fourth-order valence-corrected chi connectivity index (χ4v) is 2.35. The number of hydrogen-bond acceptors (Lipinski definition) is 6. The number of methoxy groups -OCH3 is 2. The van der Waals surface area contributed by atoms with Crippen LogP contribution in [0.1, 0.15) is 25.3 Å². The van der Waals surface area contributed by atoms with Crippen LogP contribution in [0.25, 0.3) is 0 Å². The standard InChI is InChI=1S/C17H22O6/c1-4-23-16(20)17(15(19)22-3,11-10-14(18)21-2)12-13-8-6-5-7-9-13/h5-9H,4,10-12H2,1-3H3. The van der Waals surface area contributed by atoms with Crippen LogP contribution in [0.15, 0.2) is 30.3 Å². The zero-order chi connectivity index (χ0) is 17.3. The third kappa shape index (κ3) is 4.81. The van der Waals surface area contributed by atoms with E-state index in [4.69, 9.17) is 9.47 Å². The summed E-state index contributed by atoms with van der Waals surface area (Å²) in [6, 6.07) is 9.05. The first-order valence-corrected chi connectivity index (χ1v) is 7.36. The van der Waals surface area contributed by atoms with E-state index in [0.29, 0.717) is 0 Å². The van der Waals surface area contributed by atoms with Gasteiger partial charge in [0.2, 0.25) is 0 Å². The van der Waals surface area contributed by atoms with E-state index in [0.717, 1.165) is 5.56 Å². The molecule has 1 rings (SSSR count). The van der Waals surface area contributed by atoms with Gasteiger partial charge in [0, 0.05) is 6.42 Å². The first-order chi connectivity index (χ1) is 11.0. The van der Waals surface area contributed by atoms with E-state index in [1.807, 2.05) is 18.2 Å². The monoisotopic (exact) mass is 322 g/mol. The minimum Gasteiger partial charge on any atom is -0.469 e. The van der Waals surface area contributed by atoms with Gasteiger partial charge in [-0.25, -0.2) is 0 Å². The van der Waals surface area contributed by atoms with E-state index in [1.165, 1.54) is 14.2 Å². The lowest BCUT2D eigenvalue weighted by molar-refractivity contribution is -0.171. The van der Waals surface area contributed by atoms with Gasteiger partial charge in [0.1, 0.15) is 0 Å². The summed E-state index contributed by atoms with van der Waals surface area (Å²) in [5.74, 6) is -1.92. The largest absolute Gasteiger partial charge is 0.469 e. The molecule has 0 amide bonds. The van der Waals surface area contributed by atoms with E-state index in [9.17, 15) is 14.4 Å². The zero-order valence-corrected chi connectivity index (χ0v) is 13.7. The van der Waals surface area contributed by atoms with Gasteiger partial charge in [-0.05, 0) is 25.3 Å². The molecular formula is C17H22O6. The molecule has 6 heteroatoms. The van der Waals surface area contributed by atoms with Crippen LogP contribution in [-0.2, 0) is 35.0 Å². The number of carbonyl (C=O) groups is 3. The minimum absolute atomic E-state index is 0.0416. The normalized spacial score (nSPS) is 12.8. The van der Waals surface area contributed by atoms with Crippen LogP contribution >= 0.6 is 0 Å². The molecule has 0 aromatic heterocycles. The second kappa shape index (κ2) is 8.92. The minimum atomic E-state index is -1.57. The SMILES string of the molecule is CCOC(=O)C(CCC(=O)OC)(Cc1ccccc1)C(=O)OC. The maximum absolute atomic E-state index is 12.5. The zero-order valence-electron chi connectivity index (χ0n) is 13.7. The molecule has 1 aromatic carbocycles. The quantitative estimate of drug-likeness (QED) is 0.413. The molecule has 0 aliphatic carbocycles. The summed E-state index contributed by atoms with van der Waals surface area (Å²) in [6.45, 7) is 1.79. The molecule has 1 unspecified atom stereocenters. The molecule has 6 nitrogen and oxygen atoms in total. The highest BCUT2D eigenvalue weighted by Gasteiger charge is 2.48. The lowest BCUT2D eigenvalue weighted by atomic mass is 9.77. The number of rotatable bonds is 8. The van der Waals surface area contributed by atoms with Crippen LogP contribution in [0.4, 0.5) is 0 Å². The van der Waals surface area contributed by atoms with Gasteiger partial charge in [0.15, 0.2) is 5.41 Å². The molecule has 0 spiro atoms. The number of benzene rings is 1. The number of hydrogen-bond donors (Lipinski definition) is 0. The Morgan fingerprint density at radius 2 is 1.65 bits per heavy atom. The third-order valence-corrected chi connectivity index (χ3v) is 3.57. The Labute approximate surface area is 135 Å². The fourth-order valence-electron chi connectivity index (χ4n) is 2.35. The topological polar surface area (TPSA) is 78.9 Å². The third-order valence-electron chi connectivity index (χ3n) is 3.57. The summed E-state index contributed by atoms with van der Waals surface area (Å²) in [5.41, 5.74) is -0.795. The van der Waals surface area contributed by atoms with Crippen LogP contribution in [0.5, 0.6) is 0 Å². The molecule has 0 aliphatic heterocycles. The first kappa shape index (κ1) is 18.7. The molecule has 0 fully saturated rings. The van der Waals surface area contributed by atoms with Gasteiger partial charge in [-0.3, -0.25) is 14.4 Å². The Morgan fingerprint density at radius 1 is 1.00 bits per heavy atom. The first-order valence-electron chi connectivity index (χ1n) is 7.36. The van der Waals surface area contributed by atoms with Gasteiger partial charge in [-0.1, -0.05) is 30.3 Å². The Kier molecular flexibility index (Phi) is 7.25. The molecule has 0 radical (unpaired) electrons. The summed E-state index contributed by atoms with van der Waals surface area (Å²) >= 11 is 0. The van der Waals surface area contributed by atoms with Crippen molar-refractivity contribution in [2.75, 3.05) is 20.8 Å². The molecule has 0 saturated carbocycles. The molecular weight excluding hydrogens is 300 g/mol. The van der Waals surface area contributed by atoms with Crippen molar-refractivity contribution < 1.29 is 28.6 Å². The van der Waals surface area contributed by atoms with Crippen molar-refractivity contribution in [2.24, 2.45) is 5.41 Å². The highest BCUT2D eigenvalue weighted by molar-refractivity contribution is 6.00.